The van der Waals surface area contributed by atoms with Crippen LogP contribution in [-0.4, -0.2) is 27.5 Å². The number of carbonyl (C=O) groups is 1. The molecule has 2 heterocycles. The Labute approximate surface area is 120 Å². The van der Waals surface area contributed by atoms with E-state index in [4.69, 9.17) is 4.84 Å². The molecule has 0 bridgehead atoms. The van der Waals surface area contributed by atoms with E-state index in [2.05, 4.69) is 15.6 Å². The maximum absolute atomic E-state index is 12.9. The predicted molar refractivity (Wildman–Crippen MR) is 74.3 cm³/mol. The third kappa shape index (κ3) is 2.91. The highest BCUT2D eigenvalue weighted by atomic mass is 19.1. The number of nitrogens with one attached hydrogen (secondary N) is 1. The lowest BCUT2D eigenvalue weighted by atomic mass is 10.0. The molecule has 1 aromatic carbocycles. The van der Waals surface area contributed by atoms with Gasteiger partial charge in [0, 0.05) is 25.7 Å². The van der Waals surface area contributed by atoms with Crippen molar-refractivity contribution in [3.8, 4) is 0 Å². The van der Waals surface area contributed by atoms with Crippen LogP contribution in [0.2, 0.25) is 0 Å². The first-order chi connectivity index (χ1) is 10.1. The molecular weight excluding hydrogens is 275 g/mol. The number of hydrogen-bond acceptors (Lipinski definition) is 4. The zero-order valence-corrected chi connectivity index (χ0v) is 11.3. The van der Waals surface area contributed by atoms with Gasteiger partial charge < -0.3 is 10.2 Å². The maximum Gasteiger partial charge on any atom is 0.269 e. The molecule has 1 aromatic heterocycles. The van der Waals surface area contributed by atoms with Gasteiger partial charge in [-0.1, -0.05) is 17.3 Å². The molecule has 6 nitrogen and oxygen atoms in total. The van der Waals surface area contributed by atoms with Crippen molar-refractivity contribution in [1.82, 2.24) is 9.78 Å². The Bertz CT molecular complexity index is 693. The number of nitrogens with zero attached hydrogens (tertiary/aromatic N) is 3. The summed E-state index contributed by atoms with van der Waals surface area (Å²) in [6, 6.07) is 7.60. The molecule has 1 unspecified atom stereocenters. The monoisotopic (exact) mass is 288 g/mol. The lowest BCUT2D eigenvalue weighted by molar-refractivity contribution is -0.125. The third-order valence-corrected chi connectivity index (χ3v) is 3.10. The van der Waals surface area contributed by atoms with Crippen LogP contribution in [0.1, 0.15) is 12.0 Å². The summed E-state index contributed by atoms with van der Waals surface area (Å²) >= 11 is 0. The van der Waals surface area contributed by atoms with Crippen molar-refractivity contribution in [2.75, 3.05) is 5.32 Å². The van der Waals surface area contributed by atoms with Crippen LogP contribution in [0.3, 0.4) is 0 Å². The van der Waals surface area contributed by atoms with Crippen molar-refractivity contribution in [2.45, 2.75) is 12.5 Å². The van der Waals surface area contributed by atoms with E-state index in [1.165, 1.54) is 12.1 Å². The van der Waals surface area contributed by atoms with Crippen LogP contribution in [0.15, 0.2) is 41.7 Å². The molecule has 1 aliphatic heterocycles. The van der Waals surface area contributed by atoms with Gasteiger partial charge in [0.15, 0.2) is 5.82 Å². The molecule has 3 rings (SSSR count). The fourth-order valence-electron chi connectivity index (χ4n) is 2.02. The zero-order chi connectivity index (χ0) is 14.8. The topological polar surface area (TPSA) is 68.5 Å². The summed E-state index contributed by atoms with van der Waals surface area (Å²) in [4.78, 5) is 17.2. The highest BCUT2D eigenvalue weighted by molar-refractivity contribution is 6.05. The highest BCUT2D eigenvalue weighted by Gasteiger charge is 2.29. The van der Waals surface area contributed by atoms with Gasteiger partial charge in [-0.3, -0.25) is 9.48 Å². The first kappa shape index (κ1) is 13.3. The molecule has 7 heteroatoms. The van der Waals surface area contributed by atoms with E-state index in [-0.39, 0.29) is 11.7 Å². The van der Waals surface area contributed by atoms with Crippen LogP contribution in [0.25, 0.3) is 0 Å². The lowest BCUT2D eigenvalue weighted by Gasteiger charge is -2.07. The number of benzene rings is 1. The molecule has 1 atom stereocenters. The van der Waals surface area contributed by atoms with Crippen LogP contribution in [-0.2, 0) is 16.7 Å². The van der Waals surface area contributed by atoms with Crippen LogP contribution < -0.4 is 5.32 Å². The molecule has 1 N–H and O–H groups in total. The second kappa shape index (κ2) is 5.35. The second-order valence-corrected chi connectivity index (χ2v) is 4.71. The molecule has 0 spiro atoms. The number of rotatable bonds is 3. The number of oxime groups is 1. The molecule has 0 saturated carbocycles. The summed E-state index contributed by atoms with van der Waals surface area (Å²) in [7, 11) is 1.76. The van der Waals surface area contributed by atoms with Crippen molar-refractivity contribution < 1.29 is 14.0 Å². The molecule has 0 fully saturated rings. The average molecular weight is 288 g/mol. The summed E-state index contributed by atoms with van der Waals surface area (Å²) in [5.74, 6) is -0.168. The van der Waals surface area contributed by atoms with Crippen molar-refractivity contribution in [2.24, 2.45) is 12.2 Å². The number of amides is 1. The van der Waals surface area contributed by atoms with Crippen LogP contribution >= 0.6 is 0 Å². The van der Waals surface area contributed by atoms with E-state index >= 15 is 0 Å². The Morgan fingerprint density at radius 2 is 2.14 bits per heavy atom. The minimum atomic E-state index is -0.702. The second-order valence-electron chi connectivity index (χ2n) is 4.71. The Morgan fingerprint density at radius 1 is 1.38 bits per heavy atom. The summed E-state index contributed by atoms with van der Waals surface area (Å²) in [6.45, 7) is 0. The van der Waals surface area contributed by atoms with Crippen LogP contribution in [0.4, 0.5) is 10.2 Å². The van der Waals surface area contributed by atoms with Gasteiger partial charge in [-0.15, -0.1) is 0 Å². The summed E-state index contributed by atoms with van der Waals surface area (Å²) in [5, 5.41) is 10.6. The first-order valence-electron chi connectivity index (χ1n) is 6.41. The zero-order valence-electron chi connectivity index (χ0n) is 11.3. The minimum absolute atomic E-state index is 0.311. The standard InChI is InChI=1S/C14H13FN4O2/c1-19-7-6-13(17-19)16-14(20)12-8-11(18-21-12)9-2-4-10(15)5-3-9/h2-7,12H,8H2,1H3,(H,16,17,20). The number of aryl methyl sites for hydroxylation is 1. The van der Waals surface area contributed by atoms with E-state index in [0.29, 0.717) is 18.0 Å². The fraction of sp³-hybridized carbons (Fsp3) is 0.214. The van der Waals surface area contributed by atoms with Gasteiger partial charge in [0.05, 0.1) is 5.71 Å². The Balaban J connectivity index is 1.63. The number of carbonyl (C=O) groups excluding carboxylic acids is 1. The van der Waals surface area contributed by atoms with Crippen LogP contribution in [0.5, 0.6) is 0 Å². The van der Waals surface area contributed by atoms with Gasteiger partial charge in [0.1, 0.15) is 5.82 Å². The summed E-state index contributed by atoms with van der Waals surface area (Å²) in [5.41, 5.74) is 1.36. The Morgan fingerprint density at radius 3 is 2.81 bits per heavy atom. The largest absolute Gasteiger partial charge is 0.382 e. The normalized spacial score (nSPS) is 17.2. The fourth-order valence-corrected chi connectivity index (χ4v) is 2.02. The number of hydrogen-bond donors (Lipinski definition) is 1. The van der Waals surface area contributed by atoms with Crippen molar-refractivity contribution in [3.05, 3.63) is 47.9 Å². The lowest BCUT2D eigenvalue weighted by Crippen LogP contribution is -2.28. The van der Waals surface area contributed by atoms with Gasteiger partial charge in [-0.05, 0) is 17.7 Å². The molecule has 21 heavy (non-hydrogen) atoms. The number of anilines is 1. The number of halogens is 1. The predicted octanol–water partition coefficient (Wildman–Crippen LogP) is 1.69. The minimum Gasteiger partial charge on any atom is -0.382 e. The summed E-state index contributed by atoms with van der Waals surface area (Å²) < 4.78 is 14.5. The van der Waals surface area contributed by atoms with Gasteiger partial charge in [-0.25, -0.2) is 4.39 Å². The van der Waals surface area contributed by atoms with Crippen molar-refractivity contribution in [1.29, 1.82) is 0 Å². The summed E-state index contributed by atoms with van der Waals surface area (Å²) in [6.07, 6.45) is 1.36. The molecule has 1 aliphatic rings. The maximum atomic E-state index is 12.9. The van der Waals surface area contributed by atoms with Crippen LogP contribution in [0, 0.1) is 5.82 Å². The molecule has 108 valence electrons. The Hall–Kier alpha value is -2.70. The van der Waals surface area contributed by atoms with E-state index in [9.17, 15) is 9.18 Å². The highest BCUT2D eigenvalue weighted by Crippen LogP contribution is 2.18. The van der Waals surface area contributed by atoms with E-state index in [1.54, 1.807) is 36.1 Å². The first-order valence-corrected chi connectivity index (χ1v) is 6.41. The van der Waals surface area contributed by atoms with Gasteiger partial charge in [0.25, 0.3) is 5.91 Å². The molecule has 1 amide bonds. The Kier molecular flexibility index (Phi) is 3.39. The smallest absolute Gasteiger partial charge is 0.269 e. The molecule has 0 aliphatic carbocycles. The van der Waals surface area contributed by atoms with Crippen molar-refractivity contribution >= 4 is 17.4 Å². The average Bonchev–Trinajstić information content (AvgIpc) is 3.09. The van der Waals surface area contributed by atoms with Gasteiger partial charge in [-0.2, -0.15) is 5.10 Å². The van der Waals surface area contributed by atoms with Gasteiger partial charge in [0.2, 0.25) is 6.10 Å². The SMILES string of the molecule is Cn1ccc(NC(=O)C2CC(c3ccc(F)cc3)=NO2)n1. The number of aromatic nitrogens is 2. The van der Waals surface area contributed by atoms with Crippen molar-refractivity contribution in [3.63, 3.8) is 0 Å². The van der Waals surface area contributed by atoms with E-state index < -0.39 is 6.10 Å². The quantitative estimate of drug-likeness (QED) is 0.934. The molecule has 0 radical (unpaired) electrons. The van der Waals surface area contributed by atoms with E-state index in [0.717, 1.165) is 5.56 Å². The third-order valence-electron chi connectivity index (χ3n) is 3.10. The molecule has 0 saturated heterocycles. The van der Waals surface area contributed by atoms with Gasteiger partial charge >= 0.3 is 0 Å². The molecule has 2 aromatic rings. The van der Waals surface area contributed by atoms with E-state index in [1.807, 2.05) is 0 Å². The molecular formula is C14H13FN4O2.